The molecule has 0 bridgehead atoms. The molecule has 0 atom stereocenters. The van der Waals surface area contributed by atoms with E-state index in [1.165, 1.54) is 6.07 Å². The lowest BCUT2D eigenvalue weighted by Gasteiger charge is -2.07. The predicted octanol–water partition coefficient (Wildman–Crippen LogP) is 3.79. The minimum atomic E-state index is -0.236. The van der Waals surface area contributed by atoms with Gasteiger partial charge in [-0.1, -0.05) is 24.3 Å². The molecule has 2 rings (SSSR count). The molecule has 0 fully saturated rings. The van der Waals surface area contributed by atoms with E-state index in [4.69, 9.17) is 4.74 Å². The van der Waals surface area contributed by atoms with E-state index in [1.54, 1.807) is 37.4 Å². The average Bonchev–Trinajstić information content (AvgIpc) is 2.29. The van der Waals surface area contributed by atoms with E-state index in [0.29, 0.717) is 16.2 Å². The molecule has 0 saturated heterocycles. The molecule has 2 aromatic rings. The third-order valence-corrected chi connectivity index (χ3v) is 2.71. The highest BCUT2D eigenvalue weighted by Crippen LogP contribution is 2.30. The second kappa shape index (κ2) is 4.58. The van der Waals surface area contributed by atoms with Crippen molar-refractivity contribution in [3.05, 3.63) is 48.3 Å². The van der Waals surface area contributed by atoms with Crippen molar-refractivity contribution in [3.63, 3.8) is 0 Å². The highest BCUT2D eigenvalue weighted by atomic mass is 32.1. The van der Waals surface area contributed by atoms with Crippen molar-refractivity contribution in [3.8, 4) is 16.9 Å². The molecule has 0 aromatic heterocycles. The van der Waals surface area contributed by atoms with E-state index in [-0.39, 0.29) is 5.82 Å². The van der Waals surface area contributed by atoms with Gasteiger partial charge < -0.3 is 4.74 Å². The second-order valence-corrected chi connectivity index (χ2v) is 3.85. The molecule has 0 aliphatic carbocycles. The average molecular weight is 234 g/mol. The Bertz CT molecular complexity index is 511. The van der Waals surface area contributed by atoms with Gasteiger partial charge in [0.2, 0.25) is 0 Å². The normalized spacial score (nSPS) is 10.2. The first-order valence-corrected chi connectivity index (χ1v) is 5.29. The summed E-state index contributed by atoms with van der Waals surface area (Å²) in [7, 11) is 1.58. The monoisotopic (exact) mass is 234 g/mol. The summed E-state index contributed by atoms with van der Waals surface area (Å²) < 4.78 is 18.6. The van der Waals surface area contributed by atoms with Crippen LogP contribution in [0, 0.1) is 5.82 Å². The van der Waals surface area contributed by atoms with Crippen LogP contribution in [0.4, 0.5) is 4.39 Å². The van der Waals surface area contributed by atoms with Crippen molar-refractivity contribution in [2.45, 2.75) is 4.90 Å². The van der Waals surface area contributed by atoms with Crippen LogP contribution in [0.5, 0.6) is 5.75 Å². The molecular weight excluding hydrogens is 223 g/mol. The van der Waals surface area contributed by atoms with Gasteiger partial charge in [-0.2, -0.15) is 0 Å². The van der Waals surface area contributed by atoms with Gasteiger partial charge in [0, 0.05) is 10.5 Å². The molecule has 3 heteroatoms. The van der Waals surface area contributed by atoms with Crippen molar-refractivity contribution in [2.75, 3.05) is 7.11 Å². The SMILES string of the molecule is COc1ccc(-c2ccccc2F)cc1S. The molecule has 0 unspecified atom stereocenters. The zero-order valence-electron chi connectivity index (χ0n) is 8.77. The van der Waals surface area contributed by atoms with Crippen molar-refractivity contribution in [1.29, 1.82) is 0 Å². The Labute approximate surface area is 99.3 Å². The molecule has 2 aromatic carbocycles. The summed E-state index contributed by atoms with van der Waals surface area (Å²) in [6.45, 7) is 0. The summed E-state index contributed by atoms with van der Waals surface area (Å²) in [5, 5.41) is 0. The van der Waals surface area contributed by atoms with Crippen molar-refractivity contribution in [2.24, 2.45) is 0 Å². The standard InChI is InChI=1S/C13H11FOS/c1-15-12-7-6-9(8-13(12)16)10-4-2-3-5-11(10)14/h2-8,16H,1H3. The number of benzene rings is 2. The van der Waals surface area contributed by atoms with Crippen molar-refractivity contribution >= 4 is 12.6 Å². The maximum absolute atomic E-state index is 13.5. The summed E-state index contributed by atoms with van der Waals surface area (Å²) in [6, 6.07) is 12.0. The fourth-order valence-corrected chi connectivity index (χ4v) is 1.86. The lowest BCUT2D eigenvalue weighted by Crippen LogP contribution is -1.87. The summed E-state index contributed by atoms with van der Waals surface area (Å²) in [5.41, 5.74) is 1.37. The summed E-state index contributed by atoms with van der Waals surface area (Å²) in [4.78, 5) is 0.697. The lowest BCUT2D eigenvalue weighted by molar-refractivity contribution is 0.405. The quantitative estimate of drug-likeness (QED) is 0.778. The molecule has 82 valence electrons. The van der Waals surface area contributed by atoms with Crippen LogP contribution < -0.4 is 4.74 Å². The highest BCUT2D eigenvalue weighted by molar-refractivity contribution is 7.80. The Morgan fingerprint density at radius 3 is 2.50 bits per heavy atom. The number of thiol groups is 1. The Hall–Kier alpha value is -1.48. The van der Waals surface area contributed by atoms with Gasteiger partial charge in [-0.15, -0.1) is 12.6 Å². The number of methoxy groups -OCH3 is 1. The molecule has 0 spiro atoms. The van der Waals surface area contributed by atoms with Crippen LogP contribution in [0.25, 0.3) is 11.1 Å². The van der Waals surface area contributed by atoms with Crippen LogP contribution in [0.3, 0.4) is 0 Å². The van der Waals surface area contributed by atoms with Crippen LogP contribution in [0.2, 0.25) is 0 Å². The number of halogens is 1. The maximum Gasteiger partial charge on any atom is 0.132 e. The van der Waals surface area contributed by atoms with Gasteiger partial charge in [-0.25, -0.2) is 4.39 Å². The lowest BCUT2D eigenvalue weighted by atomic mass is 10.1. The second-order valence-electron chi connectivity index (χ2n) is 3.37. The molecule has 0 aliphatic rings. The largest absolute Gasteiger partial charge is 0.496 e. The topological polar surface area (TPSA) is 9.23 Å². The summed E-state index contributed by atoms with van der Waals surface area (Å²) in [5.74, 6) is 0.448. The first-order valence-electron chi connectivity index (χ1n) is 4.84. The Morgan fingerprint density at radius 1 is 1.12 bits per heavy atom. The van der Waals surface area contributed by atoms with Gasteiger partial charge in [-0.3, -0.25) is 0 Å². The Balaban J connectivity index is 2.50. The molecule has 1 nitrogen and oxygen atoms in total. The smallest absolute Gasteiger partial charge is 0.132 e. The molecule has 16 heavy (non-hydrogen) atoms. The van der Waals surface area contributed by atoms with E-state index in [9.17, 15) is 4.39 Å². The first kappa shape index (κ1) is 11.0. The molecule has 0 saturated carbocycles. The van der Waals surface area contributed by atoms with Crippen LogP contribution in [-0.4, -0.2) is 7.11 Å². The van der Waals surface area contributed by atoms with Crippen molar-refractivity contribution in [1.82, 2.24) is 0 Å². The van der Waals surface area contributed by atoms with Gasteiger partial charge >= 0.3 is 0 Å². The van der Waals surface area contributed by atoms with Crippen LogP contribution in [0.15, 0.2) is 47.4 Å². The predicted molar refractivity (Wildman–Crippen MR) is 65.6 cm³/mol. The maximum atomic E-state index is 13.5. The van der Waals surface area contributed by atoms with E-state index in [2.05, 4.69) is 12.6 Å². The number of ether oxygens (including phenoxy) is 1. The van der Waals surface area contributed by atoms with Crippen LogP contribution >= 0.6 is 12.6 Å². The molecule has 0 amide bonds. The van der Waals surface area contributed by atoms with E-state index >= 15 is 0 Å². The molecule has 0 heterocycles. The van der Waals surface area contributed by atoms with Gasteiger partial charge in [0.15, 0.2) is 0 Å². The minimum Gasteiger partial charge on any atom is -0.496 e. The summed E-state index contributed by atoms with van der Waals surface area (Å²) >= 11 is 4.28. The van der Waals surface area contributed by atoms with E-state index < -0.39 is 0 Å². The number of rotatable bonds is 2. The zero-order chi connectivity index (χ0) is 11.5. The van der Waals surface area contributed by atoms with Crippen LogP contribution in [-0.2, 0) is 0 Å². The molecule has 0 aliphatic heterocycles. The highest BCUT2D eigenvalue weighted by Gasteiger charge is 2.06. The molecule has 0 N–H and O–H groups in total. The van der Waals surface area contributed by atoms with Gasteiger partial charge in [0.05, 0.1) is 7.11 Å². The van der Waals surface area contributed by atoms with Gasteiger partial charge in [-0.05, 0) is 23.8 Å². The number of hydrogen-bond acceptors (Lipinski definition) is 2. The zero-order valence-corrected chi connectivity index (χ0v) is 9.67. The van der Waals surface area contributed by atoms with Gasteiger partial charge in [0.1, 0.15) is 11.6 Å². The van der Waals surface area contributed by atoms with Crippen molar-refractivity contribution < 1.29 is 9.13 Å². The fraction of sp³-hybridized carbons (Fsp3) is 0.0769. The Kier molecular flexibility index (Phi) is 3.15. The fourth-order valence-electron chi connectivity index (χ4n) is 1.55. The van der Waals surface area contributed by atoms with E-state index in [0.717, 1.165) is 5.56 Å². The molecular formula is C13H11FOS. The first-order chi connectivity index (χ1) is 7.72. The summed E-state index contributed by atoms with van der Waals surface area (Å²) in [6.07, 6.45) is 0. The third-order valence-electron chi connectivity index (χ3n) is 2.36. The Morgan fingerprint density at radius 2 is 1.88 bits per heavy atom. The third kappa shape index (κ3) is 2.04. The number of hydrogen-bond donors (Lipinski definition) is 1. The van der Waals surface area contributed by atoms with E-state index in [1.807, 2.05) is 6.07 Å². The van der Waals surface area contributed by atoms with Gasteiger partial charge in [0.25, 0.3) is 0 Å². The molecule has 0 radical (unpaired) electrons. The minimum absolute atomic E-state index is 0.236. The van der Waals surface area contributed by atoms with Crippen LogP contribution in [0.1, 0.15) is 0 Å².